The molecule has 1 aliphatic rings. The highest BCUT2D eigenvalue weighted by Crippen LogP contribution is 2.43. The Labute approximate surface area is 98.6 Å². The Kier molecular flexibility index (Phi) is 3.43. The van der Waals surface area contributed by atoms with Gasteiger partial charge in [-0.25, -0.2) is 0 Å². The minimum Gasteiger partial charge on any atom is -0.380 e. The molecule has 1 aromatic rings. The molecule has 1 aliphatic carbocycles. The molecular formula is C13H15F3O. The van der Waals surface area contributed by atoms with Crippen LogP contribution in [0.1, 0.15) is 41.9 Å². The first-order chi connectivity index (χ1) is 8.02. The second-order valence-electron chi connectivity index (χ2n) is 4.48. The highest BCUT2D eigenvalue weighted by molar-refractivity contribution is 5.37. The number of methoxy groups -OCH3 is 1. The van der Waals surface area contributed by atoms with Crippen molar-refractivity contribution in [3.8, 4) is 0 Å². The van der Waals surface area contributed by atoms with Gasteiger partial charge in [-0.3, -0.25) is 0 Å². The quantitative estimate of drug-likeness (QED) is 0.777. The summed E-state index contributed by atoms with van der Waals surface area (Å²) in [6.07, 6.45) is -1.51. The highest BCUT2D eigenvalue weighted by Gasteiger charge is 2.36. The van der Waals surface area contributed by atoms with E-state index in [-0.39, 0.29) is 5.92 Å². The molecule has 0 bridgehead atoms. The predicted molar refractivity (Wildman–Crippen MR) is 58.7 cm³/mol. The fourth-order valence-corrected chi connectivity index (χ4v) is 2.18. The molecule has 0 spiro atoms. The monoisotopic (exact) mass is 244 g/mol. The molecule has 0 saturated heterocycles. The normalized spacial score (nSPS) is 16.9. The van der Waals surface area contributed by atoms with Crippen molar-refractivity contribution in [1.82, 2.24) is 0 Å². The van der Waals surface area contributed by atoms with Crippen LogP contribution in [0.2, 0.25) is 0 Å². The lowest BCUT2D eigenvalue weighted by atomic mass is 9.77. The van der Waals surface area contributed by atoms with Gasteiger partial charge in [0.05, 0.1) is 12.2 Å². The summed E-state index contributed by atoms with van der Waals surface area (Å²) < 4.78 is 43.5. The zero-order valence-electron chi connectivity index (χ0n) is 9.68. The summed E-state index contributed by atoms with van der Waals surface area (Å²) in [5, 5.41) is 0. The molecule has 0 N–H and O–H groups in total. The van der Waals surface area contributed by atoms with E-state index in [1.165, 1.54) is 12.1 Å². The van der Waals surface area contributed by atoms with E-state index < -0.39 is 11.7 Å². The maximum Gasteiger partial charge on any atom is 0.416 e. The maximum absolute atomic E-state index is 12.9. The summed E-state index contributed by atoms with van der Waals surface area (Å²) in [4.78, 5) is 0. The van der Waals surface area contributed by atoms with Crippen molar-refractivity contribution in [2.24, 2.45) is 0 Å². The zero-order chi connectivity index (χ0) is 12.5. The van der Waals surface area contributed by atoms with E-state index in [1.54, 1.807) is 13.2 Å². The summed E-state index contributed by atoms with van der Waals surface area (Å²) in [6.45, 7) is 0.359. The van der Waals surface area contributed by atoms with Crippen LogP contribution < -0.4 is 0 Å². The molecule has 0 unspecified atom stereocenters. The molecule has 0 amide bonds. The van der Waals surface area contributed by atoms with E-state index in [0.717, 1.165) is 24.8 Å². The standard InChI is InChI=1S/C13H15F3O/c1-17-8-9-5-6-12(13(14,15)16)11(7-9)10-3-2-4-10/h5-7,10H,2-4,8H2,1H3. The van der Waals surface area contributed by atoms with Gasteiger partial charge in [-0.15, -0.1) is 0 Å². The summed E-state index contributed by atoms with van der Waals surface area (Å²) in [7, 11) is 1.54. The number of alkyl halides is 3. The van der Waals surface area contributed by atoms with Gasteiger partial charge in [0.15, 0.2) is 0 Å². The van der Waals surface area contributed by atoms with Crippen LogP contribution >= 0.6 is 0 Å². The topological polar surface area (TPSA) is 9.23 Å². The number of benzene rings is 1. The molecule has 17 heavy (non-hydrogen) atoms. The Morgan fingerprint density at radius 3 is 2.47 bits per heavy atom. The first kappa shape index (κ1) is 12.4. The molecule has 0 aliphatic heterocycles. The third-order valence-corrected chi connectivity index (χ3v) is 3.28. The minimum atomic E-state index is -4.25. The SMILES string of the molecule is COCc1ccc(C(F)(F)F)c(C2CCC2)c1. The van der Waals surface area contributed by atoms with E-state index in [9.17, 15) is 13.2 Å². The van der Waals surface area contributed by atoms with Crippen molar-refractivity contribution in [3.63, 3.8) is 0 Å². The highest BCUT2D eigenvalue weighted by atomic mass is 19.4. The molecule has 4 heteroatoms. The summed E-state index contributed by atoms with van der Waals surface area (Å²) in [5.74, 6) is 0.0726. The van der Waals surface area contributed by atoms with Crippen LogP contribution in [0, 0.1) is 0 Å². The average Bonchev–Trinajstić information content (AvgIpc) is 2.13. The number of halogens is 3. The van der Waals surface area contributed by atoms with Crippen LogP contribution in [0.3, 0.4) is 0 Å². The number of hydrogen-bond donors (Lipinski definition) is 0. The van der Waals surface area contributed by atoms with E-state index in [2.05, 4.69) is 0 Å². The molecule has 0 heterocycles. The number of ether oxygens (including phenoxy) is 1. The zero-order valence-corrected chi connectivity index (χ0v) is 9.68. The van der Waals surface area contributed by atoms with Gasteiger partial charge in [0, 0.05) is 7.11 Å². The molecule has 0 atom stereocenters. The lowest BCUT2D eigenvalue weighted by Gasteiger charge is -2.29. The van der Waals surface area contributed by atoms with Gasteiger partial charge in [0.2, 0.25) is 0 Å². The predicted octanol–water partition coefficient (Wildman–Crippen LogP) is 4.12. The maximum atomic E-state index is 12.9. The average molecular weight is 244 g/mol. The third-order valence-electron chi connectivity index (χ3n) is 3.28. The number of rotatable bonds is 3. The van der Waals surface area contributed by atoms with E-state index in [1.807, 2.05) is 0 Å². The van der Waals surface area contributed by atoms with Crippen LogP contribution in [0.5, 0.6) is 0 Å². The van der Waals surface area contributed by atoms with Crippen LogP contribution in [0.4, 0.5) is 13.2 Å². The minimum absolute atomic E-state index is 0.0726. The summed E-state index contributed by atoms with van der Waals surface area (Å²) in [6, 6.07) is 4.33. The molecule has 1 saturated carbocycles. The molecule has 0 aromatic heterocycles. The second-order valence-corrected chi connectivity index (χ2v) is 4.48. The Morgan fingerprint density at radius 1 is 1.29 bits per heavy atom. The Bertz CT molecular complexity index is 394. The molecular weight excluding hydrogens is 229 g/mol. The molecule has 94 valence electrons. The Morgan fingerprint density at radius 2 is 2.00 bits per heavy atom. The first-order valence-electron chi connectivity index (χ1n) is 5.71. The van der Waals surface area contributed by atoms with Gasteiger partial charge in [-0.2, -0.15) is 13.2 Å². The smallest absolute Gasteiger partial charge is 0.380 e. The van der Waals surface area contributed by atoms with E-state index in [4.69, 9.17) is 4.74 Å². The first-order valence-corrected chi connectivity index (χ1v) is 5.71. The van der Waals surface area contributed by atoms with Crippen LogP contribution in [-0.2, 0) is 17.5 Å². The Balaban J connectivity index is 2.37. The van der Waals surface area contributed by atoms with Gasteiger partial charge in [0.25, 0.3) is 0 Å². The molecule has 1 nitrogen and oxygen atoms in total. The van der Waals surface area contributed by atoms with E-state index in [0.29, 0.717) is 12.2 Å². The van der Waals surface area contributed by atoms with E-state index >= 15 is 0 Å². The lowest BCUT2D eigenvalue weighted by Crippen LogP contribution is -2.17. The van der Waals surface area contributed by atoms with Crippen LogP contribution in [-0.4, -0.2) is 7.11 Å². The van der Waals surface area contributed by atoms with Crippen molar-refractivity contribution in [2.45, 2.75) is 38.0 Å². The molecule has 2 rings (SSSR count). The fourth-order valence-electron chi connectivity index (χ4n) is 2.18. The summed E-state index contributed by atoms with van der Waals surface area (Å²) >= 11 is 0. The van der Waals surface area contributed by atoms with Crippen molar-refractivity contribution < 1.29 is 17.9 Å². The van der Waals surface area contributed by atoms with Crippen molar-refractivity contribution in [3.05, 3.63) is 34.9 Å². The second kappa shape index (κ2) is 4.69. The third kappa shape index (κ3) is 2.63. The van der Waals surface area contributed by atoms with Crippen molar-refractivity contribution >= 4 is 0 Å². The van der Waals surface area contributed by atoms with Gasteiger partial charge in [-0.1, -0.05) is 18.6 Å². The molecule has 0 radical (unpaired) electrons. The fraction of sp³-hybridized carbons (Fsp3) is 0.538. The molecule has 1 fully saturated rings. The molecule has 1 aromatic carbocycles. The van der Waals surface area contributed by atoms with Gasteiger partial charge >= 0.3 is 6.18 Å². The number of hydrogen-bond acceptors (Lipinski definition) is 1. The lowest BCUT2D eigenvalue weighted by molar-refractivity contribution is -0.138. The van der Waals surface area contributed by atoms with Gasteiger partial charge < -0.3 is 4.74 Å². The summed E-state index contributed by atoms with van der Waals surface area (Å²) in [5.41, 5.74) is 0.766. The van der Waals surface area contributed by atoms with Gasteiger partial charge in [-0.05, 0) is 36.0 Å². The largest absolute Gasteiger partial charge is 0.416 e. The Hall–Kier alpha value is -1.03. The van der Waals surface area contributed by atoms with Gasteiger partial charge in [0.1, 0.15) is 0 Å². The van der Waals surface area contributed by atoms with Crippen LogP contribution in [0.15, 0.2) is 18.2 Å². The van der Waals surface area contributed by atoms with Crippen LogP contribution in [0.25, 0.3) is 0 Å². The van der Waals surface area contributed by atoms with Crippen molar-refractivity contribution in [1.29, 1.82) is 0 Å². The van der Waals surface area contributed by atoms with Crippen molar-refractivity contribution in [2.75, 3.05) is 7.11 Å².